The van der Waals surface area contributed by atoms with E-state index in [9.17, 15) is 0 Å². The third-order valence-corrected chi connectivity index (χ3v) is 3.94. The molecule has 0 saturated heterocycles. The van der Waals surface area contributed by atoms with E-state index < -0.39 is 0 Å². The van der Waals surface area contributed by atoms with Gasteiger partial charge >= 0.3 is 0 Å². The second-order valence-corrected chi connectivity index (χ2v) is 5.45. The Hall–Kier alpha value is -1.80. The highest BCUT2D eigenvalue weighted by Crippen LogP contribution is 2.41. The van der Waals surface area contributed by atoms with Gasteiger partial charge in [0.1, 0.15) is 5.75 Å². The Morgan fingerprint density at radius 2 is 1.75 bits per heavy atom. The molecule has 104 valence electrons. The van der Waals surface area contributed by atoms with Gasteiger partial charge in [0.05, 0.1) is 7.11 Å². The molecule has 0 bridgehead atoms. The normalized spacial score (nSPS) is 15.8. The van der Waals surface area contributed by atoms with Crippen LogP contribution in [0.2, 0.25) is 0 Å². The molecule has 2 aromatic rings. The van der Waals surface area contributed by atoms with Crippen LogP contribution in [0.3, 0.4) is 0 Å². The van der Waals surface area contributed by atoms with Gasteiger partial charge in [-0.15, -0.1) is 0 Å². The summed E-state index contributed by atoms with van der Waals surface area (Å²) in [7, 11) is 1.70. The minimum Gasteiger partial charge on any atom is -0.497 e. The van der Waals surface area contributed by atoms with Crippen molar-refractivity contribution in [3.8, 4) is 5.75 Å². The fourth-order valence-corrected chi connectivity index (χ4v) is 2.62. The number of hydrogen-bond acceptors (Lipinski definition) is 2. The lowest BCUT2D eigenvalue weighted by molar-refractivity contribution is 0.414. The molecule has 0 spiro atoms. The average molecular weight is 267 g/mol. The van der Waals surface area contributed by atoms with Gasteiger partial charge in [0.2, 0.25) is 0 Å². The molecule has 2 aromatic carbocycles. The first-order valence-electron chi connectivity index (χ1n) is 7.28. The third-order valence-electron chi connectivity index (χ3n) is 3.94. The van der Waals surface area contributed by atoms with E-state index in [0.29, 0.717) is 6.04 Å². The summed E-state index contributed by atoms with van der Waals surface area (Å²) in [5.74, 6) is 1.71. The van der Waals surface area contributed by atoms with E-state index in [4.69, 9.17) is 4.74 Å². The maximum Gasteiger partial charge on any atom is 0.118 e. The minimum atomic E-state index is 0.485. The number of nitrogens with one attached hydrogen (secondary N) is 1. The summed E-state index contributed by atoms with van der Waals surface area (Å²) in [5, 5.41) is 3.71. The molecule has 1 unspecified atom stereocenters. The van der Waals surface area contributed by atoms with Crippen LogP contribution >= 0.6 is 0 Å². The molecule has 0 amide bonds. The summed E-state index contributed by atoms with van der Waals surface area (Å²) >= 11 is 0. The van der Waals surface area contributed by atoms with E-state index in [0.717, 1.165) is 18.2 Å². The molecule has 1 fully saturated rings. The highest BCUT2D eigenvalue weighted by Gasteiger charge is 2.31. The molecular formula is C18H21NO. The highest BCUT2D eigenvalue weighted by atomic mass is 16.5. The molecule has 1 aliphatic rings. The average Bonchev–Trinajstić information content (AvgIpc) is 3.34. The molecule has 1 atom stereocenters. The summed E-state index contributed by atoms with van der Waals surface area (Å²) in [5.41, 5.74) is 2.70. The number of rotatable bonds is 6. The van der Waals surface area contributed by atoms with Crippen LogP contribution in [0.5, 0.6) is 5.75 Å². The van der Waals surface area contributed by atoms with Crippen LogP contribution in [0.15, 0.2) is 54.6 Å². The molecule has 1 N–H and O–H groups in total. The number of ether oxygens (including phenoxy) is 1. The quantitative estimate of drug-likeness (QED) is 0.856. The predicted molar refractivity (Wildman–Crippen MR) is 81.7 cm³/mol. The molecule has 3 rings (SSSR count). The lowest BCUT2D eigenvalue weighted by Gasteiger charge is -2.19. The summed E-state index contributed by atoms with van der Waals surface area (Å²) in [4.78, 5) is 0. The zero-order valence-electron chi connectivity index (χ0n) is 11.9. The molecule has 20 heavy (non-hydrogen) atoms. The summed E-state index contributed by atoms with van der Waals surface area (Å²) in [6, 6.07) is 19.6. The lowest BCUT2D eigenvalue weighted by atomic mass is 10.0. The fraction of sp³-hybridized carbons (Fsp3) is 0.333. The van der Waals surface area contributed by atoms with Crippen LogP contribution in [0.25, 0.3) is 0 Å². The zero-order chi connectivity index (χ0) is 13.8. The van der Waals surface area contributed by atoms with Gasteiger partial charge in [-0.2, -0.15) is 0 Å². The van der Waals surface area contributed by atoms with Crippen molar-refractivity contribution >= 4 is 0 Å². The molecule has 0 aliphatic heterocycles. The molecule has 0 aromatic heterocycles. The van der Waals surface area contributed by atoms with Crippen molar-refractivity contribution in [3.05, 3.63) is 65.7 Å². The minimum absolute atomic E-state index is 0.485. The van der Waals surface area contributed by atoms with Gasteiger partial charge in [-0.1, -0.05) is 42.5 Å². The lowest BCUT2D eigenvalue weighted by Crippen LogP contribution is -2.22. The molecule has 1 aliphatic carbocycles. The van der Waals surface area contributed by atoms with Crippen molar-refractivity contribution in [1.82, 2.24) is 5.32 Å². The van der Waals surface area contributed by atoms with Crippen molar-refractivity contribution < 1.29 is 4.74 Å². The van der Waals surface area contributed by atoms with Gasteiger partial charge < -0.3 is 10.1 Å². The summed E-state index contributed by atoms with van der Waals surface area (Å²) < 4.78 is 5.19. The van der Waals surface area contributed by atoms with E-state index in [2.05, 4.69) is 47.8 Å². The van der Waals surface area contributed by atoms with Crippen molar-refractivity contribution in [2.24, 2.45) is 5.92 Å². The van der Waals surface area contributed by atoms with Crippen molar-refractivity contribution in [1.29, 1.82) is 0 Å². The van der Waals surface area contributed by atoms with Crippen LogP contribution in [0.4, 0.5) is 0 Å². The predicted octanol–water partition coefficient (Wildman–Crippen LogP) is 3.94. The Kier molecular flexibility index (Phi) is 4.03. The van der Waals surface area contributed by atoms with Gasteiger partial charge in [0, 0.05) is 12.6 Å². The maximum atomic E-state index is 5.19. The standard InChI is InChI=1S/C18H21NO/c1-20-17-11-7-14(8-12-17)13-19-18(16-9-10-16)15-5-3-2-4-6-15/h2-8,11-12,16,18-19H,9-10,13H2,1H3. The van der Waals surface area contributed by atoms with Crippen LogP contribution in [0, 0.1) is 5.92 Å². The number of hydrogen-bond donors (Lipinski definition) is 1. The first-order valence-corrected chi connectivity index (χ1v) is 7.28. The van der Waals surface area contributed by atoms with Crippen LogP contribution < -0.4 is 10.1 Å². The first-order chi connectivity index (χ1) is 9.86. The Balaban J connectivity index is 1.65. The topological polar surface area (TPSA) is 21.3 Å². The van der Waals surface area contributed by atoms with Gasteiger partial charge in [0.15, 0.2) is 0 Å². The molecule has 0 radical (unpaired) electrons. The van der Waals surface area contributed by atoms with Gasteiger partial charge in [-0.05, 0) is 42.0 Å². The highest BCUT2D eigenvalue weighted by molar-refractivity contribution is 5.27. The van der Waals surface area contributed by atoms with Crippen LogP contribution in [-0.4, -0.2) is 7.11 Å². The first kappa shape index (κ1) is 13.2. The fourth-order valence-electron chi connectivity index (χ4n) is 2.62. The summed E-state index contributed by atoms with van der Waals surface area (Å²) in [6.45, 7) is 0.903. The van der Waals surface area contributed by atoms with E-state index in [1.165, 1.54) is 24.0 Å². The Labute approximate surface area is 120 Å². The van der Waals surface area contributed by atoms with E-state index in [1.807, 2.05) is 12.1 Å². The zero-order valence-corrected chi connectivity index (χ0v) is 11.9. The Morgan fingerprint density at radius 3 is 2.35 bits per heavy atom. The largest absolute Gasteiger partial charge is 0.497 e. The molecule has 2 heteroatoms. The Morgan fingerprint density at radius 1 is 1.05 bits per heavy atom. The number of methoxy groups -OCH3 is 1. The van der Waals surface area contributed by atoms with E-state index in [-0.39, 0.29) is 0 Å². The maximum absolute atomic E-state index is 5.19. The van der Waals surface area contributed by atoms with Gasteiger partial charge in [-0.25, -0.2) is 0 Å². The van der Waals surface area contributed by atoms with Crippen molar-refractivity contribution in [2.75, 3.05) is 7.11 Å². The number of benzene rings is 2. The smallest absolute Gasteiger partial charge is 0.118 e. The molecule has 1 saturated carbocycles. The molecular weight excluding hydrogens is 246 g/mol. The van der Waals surface area contributed by atoms with Gasteiger partial charge in [-0.3, -0.25) is 0 Å². The summed E-state index contributed by atoms with van der Waals surface area (Å²) in [6.07, 6.45) is 2.68. The van der Waals surface area contributed by atoms with Crippen molar-refractivity contribution in [3.63, 3.8) is 0 Å². The van der Waals surface area contributed by atoms with Crippen molar-refractivity contribution in [2.45, 2.75) is 25.4 Å². The van der Waals surface area contributed by atoms with Crippen LogP contribution in [0.1, 0.15) is 30.0 Å². The monoisotopic (exact) mass is 267 g/mol. The third kappa shape index (κ3) is 3.20. The SMILES string of the molecule is COc1ccc(CNC(c2ccccc2)C2CC2)cc1. The second kappa shape index (κ2) is 6.10. The van der Waals surface area contributed by atoms with E-state index >= 15 is 0 Å². The second-order valence-electron chi connectivity index (χ2n) is 5.45. The van der Waals surface area contributed by atoms with Crippen LogP contribution in [-0.2, 0) is 6.54 Å². The van der Waals surface area contributed by atoms with E-state index in [1.54, 1.807) is 7.11 Å². The molecule has 2 nitrogen and oxygen atoms in total. The Bertz CT molecular complexity index is 531. The van der Waals surface area contributed by atoms with Gasteiger partial charge in [0.25, 0.3) is 0 Å². The molecule has 0 heterocycles.